The van der Waals surface area contributed by atoms with Crippen LogP contribution in [0.5, 0.6) is 0 Å². The first-order valence-electron chi connectivity index (χ1n) is 7.19. The Morgan fingerprint density at radius 2 is 1.78 bits per heavy atom. The first-order valence-corrected chi connectivity index (χ1v) is 8.07. The molecule has 0 saturated carbocycles. The SMILES string of the molecule is FC(F)=CCCc1cc(-c2ccccc2-c2ncccn2)cs1. The van der Waals surface area contributed by atoms with Gasteiger partial charge in [0.05, 0.1) is 0 Å². The van der Waals surface area contributed by atoms with E-state index in [1.807, 2.05) is 29.6 Å². The fraction of sp³-hybridized carbons (Fsp3) is 0.111. The Labute approximate surface area is 137 Å². The zero-order valence-electron chi connectivity index (χ0n) is 12.2. The Hall–Kier alpha value is -2.40. The number of halogens is 2. The molecule has 0 radical (unpaired) electrons. The molecule has 0 amide bonds. The lowest BCUT2D eigenvalue weighted by Gasteiger charge is -2.06. The van der Waals surface area contributed by atoms with Crippen LogP contribution in [0.25, 0.3) is 22.5 Å². The Balaban J connectivity index is 1.88. The van der Waals surface area contributed by atoms with E-state index in [-0.39, 0.29) is 0 Å². The lowest BCUT2D eigenvalue weighted by molar-refractivity contribution is 0.417. The van der Waals surface area contributed by atoms with Gasteiger partial charge in [0.25, 0.3) is 6.08 Å². The van der Waals surface area contributed by atoms with Gasteiger partial charge in [-0.25, -0.2) is 9.97 Å². The molecule has 23 heavy (non-hydrogen) atoms. The van der Waals surface area contributed by atoms with E-state index in [1.54, 1.807) is 29.8 Å². The third-order valence-electron chi connectivity index (χ3n) is 3.39. The maximum atomic E-state index is 12.1. The van der Waals surface area contributed by atoms with Gasteiger partial charge >= 0.3 is 0 Å². The summed E-state index contributed by atoms with van der Waals surface area (Å²) in [6.45, 7) is 0. The summed E-state index contributed by atoms with van der Waals surface area (Å²) < 4.78 is 24.2. The van der Waals surface area contributed by atoms with Gasteiger partial charge in [0.1, 0.15) is 0 Å². The van der Waals surface area contributed by atoms with E-state index in [9.17, 15) is 8.78 Å². The smallest absolute Gasteiger partial charge is 0.237 e. The van der Waals surface area contributed by atoms with Crippen molar-refractivity contribution in [2.45, 2.75) is 12.8 Å². The Kier molecular flexibility index (Phi) is 4.88. The van der Waals surface area contributed by atoms with Gasteiger partial charge in [0.15, 0.2) is 5.82 Å². The van der Waals surface area contributed by atoms with Crippen molar-refractivity contribution >= 4 is 11.3 Å². The molecule has 0 unspecified atom stereocenters. The molecule has 2 heterocycles. The predicted molar refractivity (Wildman–Crippen MR) is 89.4 cm³/mol. The lowest BCUT2D eigenvalue weighted by atomic mass is 10.0. The molecule has 5 heteroatoms. The molecular weight excluding hydrogens is 314 g/mol. The van der Waals surface area contributed by atoms with E-state index in [4.69, 9.17) is 0 Å². The van der Waals surface area contributed by atoms with Gasteiger partial charge in [-0.05, 0) is 47.6 Å². The molecule has 0 atom stereocenters. The van der Waals surface area contributed by atoms with Crippen molar-refractivity contribution in [1.29, 1.82) is 0 Å². The van der Waals surface area contributed by atoms with Crippen molar-refractivity contribution in [2.24, 2.45) is 0 Å². The minimum Gasteiger partial charge on any atom is -0.237 e. The second-order valence-corrected chi connectivity index (χ2v) is 5.95. The largest absolute Gasteiger partial charge is 0.266 e. The summed E-state index contributed by atoms with van der Waals surface area (Å²) >= 11 is 1.58. The van der Waals surface area contributed by atoms with Gasteiger partial charge in [0, 0.05) is 22.8 Å². The number of rotatable bonds is 5. The van der Waals surface area contributed by atoms with E-state index < -0.39 is 6.08 Å². The molecule has 3 aromatic rings. The molecule has 2 nitrogen and oxygen atoms in total. The van der Waals surface area contributed by atoms with E-state index in [0.29, 0.717) is 18.7 Å². The number of nitrogens with zero attached hydrogens (tertiary/aromatic N) is 2. The first-order chi connectivity index (χ1) is 11.2. The highest BCUT2D eigenvalue weighted by Gasteiger charge is 2.10. The molecule has 0 fully saturated rings. The van der Waals surface area contributed by atoms with Crippen LogP contribution in [-0.2, 0) is 6.42 Å². The Bertz CT molecular complexity index is 809. The van der Waals surface area contributed by atoms with Crippen LogP contribution in [0.15, 0.2) is 66.3 Å². The second kappa shape index (κ2) is 7.24. The molecule has 0 aliphatic carbocycles. The number of hydrogen-bond acceptors (Lipinski definition) is 3. The van der Waals surface area contributed by atoms with Crippen LogP contribution < -0.4 is 0 Å². The summed E-state index contributed by atoms with van der Waals surface area (Å²) in [6, 6.07) is 11.8. The van der Waals surface area contributed by atoms with Gasteiger partial charge < -0.3 is 0 Å². The van der Waals surface area contributed by atoms with E-state index >= 15 is 0 Å². The van der Waals surface area contributed by atoms with Crippen molar-refractivity contribution in [3.8, 4) is 22.5 Å². The van der Waals surface area contributed by atoms with E-state index in [0.717, 1.165) is 27.6 Å². The predicted octanol–water partition coefficient (Wildman–Crippen LogP) is 5.59. The monoisotopic (exact) mass is 328 g/mol. The number of hydrogen-bond donors (Lipinski definition) is 0. The molecule has 0 spiro atoms. The van der Waals surface area contributed by atoms with Gasteiger partial charge in [-0.3, -0.25) is 0 Å². The van der Waals surface area contributed by atoms with Crippen molar-refractivity contribution in [1.82, 2.24) is 9.97 Å². The molecule has 1 aromatic carbocycles. The summed E-state index contributed by atoms with van der Waals surface area (Å²) in [5, 5.41) is 2.05. The quantitative estimate of drug-likeness (QED) is 0.610. The minimum atomic E-state index is -1.62. The Morgan fingerprint density at radius 3 is 2.52 bits per heavy atom. The van der Waals surface area contributed by atoms with Crippen LogP contribution >= 0.6 is 11.3 Å². The highest BCUT2D eigenvalue weighted by atomic mass is 32.1. The van der Waals surface area contributed by atoms with Crippen LogP contribution in [0.4, 0.5) is 8.78 Å². The van der Waals surface area contributed by atoms with Crippen LogP contribution in [0.1, 0.15) is 11.3 Å². The first kappa shape index (κ1) is 15.5. The normalized spacial score (nSPS) is 10.5. The van der Waals surface area contributed by atoms with Crippen LogP contribution in [0.2, 0.25) is 0 Å². The van der Waals surface area contributed by atoms with Gasteiger partial charge in [-0.1, -0.05) is 24.3 Å². The standard InChI is InChI=1S/C18H14F2N2S/c19-17(20)8-3-5-14-11-13(12-23-14)15-6-1-2-7-16(15)18-21-9-4-10-22-18/h1-2,4,6-12H,3,5H2. The summed E-state index contributed by atoms with van der Waals surface area (Å²) in [4.78, 5) is 9.71. The zero-order valence-corrected chi connectivity index (χ0v) is 13.1. The van der Waals surface area contributed by atoms with Gasteiger partial charge in [-0.2, -0.15) is 8.78 Å². The number of aryl methyl sites for hydroxylation is 1. The average molecular weight is 328 g/mol. The van der Waals surface area contributed by atoms with Gasteiger partial charge in [0.2, 0.25) is 0 Å². The molecular formula is C18H14F2N2S. The molecule has 0 bridgehead atoms. The molecule has 3 rings (SSSR count). The number of allylic oxidation sites excluding steroid dienone is 1. The summed E-state index contributed by atoms with van der Waals surface area (Å²) in [5.74, 6) is 0.679. The number of benzene rings is 1. The molecule has 0 N–H and O–H groups in total. The average Bonchev–Trinajstić information content (AvgIpc) is 3.04. The van der Waals surface area contributed by atoms with Crippen LogP contribution in [0, 0.1) is 0 Å². The second-order valence-electron chi connectivity index (χ2n) is 4.95. The van der Waals surface area contributed by atoms with Crippen molar-refractivity contribution < 1.29 is 8.78 Å². The maximum absolute atomic E-state index is 12.1. The molecule has 2 aromatic heterocycles. The maximum Gasteiger partial charge on any atom is 0.266 e. The molecule has 0 saturated heterocycles. The van der Waals surface area contributed by atoms with Crippen molar-refractivity contribution in [3.05, 3.63) is 71.2 Å². The molecule has 0 aliphatic rings. The fourth-order valence-corrected chi connectivity index (χ4v) is 3.25. The summed E-state index contributed by atoms with van der Waals surface area (Å²) in [7, 11) is 0. The summed E-state index contributed by atoms with van der Waals surface area (Å²) in [5.41, 5.74) is 3.08. The van der Waals surface area contributed by atoms with Crippen LogP contribution in [0.3, 0.4) is 0 Å². The third kappa shape index (κ3) is 3.87. The summed E-state index contributed by atoms with van der Waals surface area (Å²) in [6.07, 6.45) is 3.75. The van der Waals surface area contributed by atoms with Crippen molar-refractivity contribution in [2.75, 3.05) is 0 Å². The topological polar surface area (TPSA) is 25.8 Å². The molecule has 116 valence electrons. The van der Waals surface area contributed by atoms with E-state index in [2.05, 4.69) is 16.0 Å². The lowest BCUT2D eigenvalue weighted by Crippen LogP contribution is -1.89. The number of thiophene rings is 1. The zero-order chi connectivity index (χ0) is 16.1. The number of aromatic nitrogens is 2. The molecule has 0 aliphatic heterocycles. The van der Waals surface area contributed by atoms with Crippen LogP contribution in [-0.4, -0.2) is 9.97 Å². The van der Waals surface area contributed by atoms with Crippen molar-refractivity contribution in [3.63, 3.8) is 0 Å². The third-order valence-corrected chi connectivity index (χ3v) is 4.38. The van der Waals surface area contributed by atoms with Gasteiger partial charge in [-0.15, -0.1) is 11.3 Å². The minimum absolute atomic E-state index is 0.353. The highest BCUT2D eigenvalue weighted by molar-refractivity contribution is 7.10. The van der Waals surface area contributed by atoms with E-state index in [1.165, 1.54) is 0 Å². The fourth-order valence-electron chi connectivity index (χ4n) is 2.34. The Morgan fingerprint density at radius 1 is 1.04 bits per heavy atom. The highest BCUT2D eigenvalue weighted by Crippen LogP contribution is 2.33.